The van der Waals surface area contributed by atoms with Gasteiger partial charge in [0, 0.05) is 25.2 Å². The van der Waals surface area contributed by atoms with E-state index in [2.05, 4.69) is 20.8 Å². The molecule has 0 radical (unpaired) electrons. The third-order valence-electron chi connectivity index (χ3n) is 5.67. The molecule has 3 aromatic rings. The summed E-state index contributed by atoms with van der Waals surface area (Å²) in [5.41, 5.74) is 1.18. The molecule has 2 heterocycles. The number of hydrogen-bond donors (Lipinski definition) is 2. The number of aromatic nitrogens is 2. The largest absolute Gasteiger partial charge is 0.497 e. The van der Waals surface area contributed by atoms with E-state index < -0.39 is 5.91 Å². The van der Waals surface area contributed by atoms with Gasteiger partial charge in [-0.25, -0.2) is 0 Å². The summed E-state index contributed by atoms with van der Waals surface area (Å²) < 4.78 is 5.10. The fraction of sp³-hybridized carbons (Fsp3) is 0.292. The number of nitrogens with zero attached hydrogens (tertiary/aromatic N) is 3. The lowest BCUT2D eigenvalue weighted by atomic mass is 9.93. The molecular weight excluding hydrogens is 490 g/mol. The third-order valence-corrected chi connectivity index (χ3v) is 6.91. The van der Waals surface area contributed by atoms with Gasteiger partial charge in [0.05, 0.1) is 17.8 Å². The van der Waals surface area contributed by atoms with Crippen molar-refractivity contribution in [3.63, 3.8) is 0 Å². The van der Waals surface area contributed by atoms with E-state index in [0.29, 0.717) is 54.5 Å². The van der Waals surface area contributed by atoms with Crippen LogP contribution in [-0.4, -0.2) is 53.0 Å². The Morgan fingerprint density at radius 1 is 1.03 bits per heavy atom. The predicted octanol–water partition coefficient (Wildman–Crippen LogP) is 4.33. The number of methoxy groups -OCH3 is 1. The number of piperidine rings is 1. The molecule has 0 bridgehead atoms. The molecule has 1 saturated heterocycles. The van der Waals surface area contributed by atoms with Gasteiger partial charge in [-0.1, -0.05) is 35.1 Å². The van der Waals surface area contributed by atoms with Gasteiger partial charge in [0.15, 0.2) is 0 Å². The van der Waals surface area contributed by atoms with Gasteiger partial charge in [0.25, 0.3) is 11.8 Å². The number of nitrogens with one attached hydrogen (secondary N) is 2. The molecule has 3 amide bonds. The van der Waals surface area contributed by atoms with Gasteiger partial charge in [0.2, 0.25) is 15.9 Å². The number of benzene rings is 2. The standard InChI is InChI=1S/C24H24ClN5O4S/c1-34-17-8-6-16(7-9-17)26-21(32)22-28-29-23(35-22)24(33)30-12-10-15(11-13-30)14-20(31)27-19-5-3-2-4-18(19)25/h2-9,15H,10-14H2,1H3,(H,26,32)(H,27,31). The van der Waals surface area contributed by atoms with Crippen LogP contribution in [0.3, 0.4) is 0 Å². The summed E-state index contributed by atoms with van der Waals surface area (Å²) in [6.07, 6.45) is 1.76. The van der Waals surface area contributed by atoms with Crippen LogP contribution in [0.2, 0.25) is 5.02 Å². The van der Waals surface area contributed by atoms with Crippen molar-refractivity contribution in [1.82, 2.24) is 15.1 Å². The molecule has 1 aliphatic rings. The first-order chi connectivity index (χ1) is 16.9. The van der Waals surface area contributed by atoms with Gasteiger partial charge in [0.1, 0.15) is 5.75 Å². The van der Waals surface area contributed by atoms with E-state index >= 15 is 0 Å². The zero-order valence-electron chi connectivity index (χ0n) is 19.0. The van der Waals surface area contributed by atoms with E-state index in [9.17, 15) is 14.4 Å². The van der Waals surface area contributed by atoms with Crippen LogP contribution in [0.25, 0.3) is 0 Å². The number of amides is 3. The van der Waals surface area contributed by atoms with E-state index in [1.54, 1.807) is 54.5 Å². The van der Waals surface area contributed by atoms with Crippen molar-refractivity contribution in [3.05, 3.63) is 63.6 Å². The van der Waals surface area contributed by atoms with Crippen LogP contribution in [0.1, 0.15) is 38.9 Å². The highest BCUT2D eigenvalue weighted by Crippen LogP contribution is 2.25. The maximum Gasteiger partial charge on any atom is 0.286 e. The van der Waals surface area contributed by atoms with Gasteiger partial charge in [-0.2, -0.15) is 0 Å². The number of likely N-dealkylation sites (tertiary alicyclic amines) is 1. The van der Waals surface area contributed by atoms with Crippen molar-refractivity contribution in [2.45, 2.75) is 19.3 Å². The minimum atomic E-state index is -0.435. The Hall–Kier alpha value is -3.50. The zero-order chi connectivity index (χ0) is 24.8. The summed E-state index contributed by atoms with van der Waals surface area (Å²) in [6.45, 7) is 1.02. The molecule has 182 valence electrons. The molecule has 0 saturated carbocycles. The van der Waals surface area contributed by atoms with Crippen LogP contribution >= 0.6 is 22.9 Å². The van der Waals surface area contributed by atoms with Crippen LogP contribution in [-0.2, 0) is 4.79 Å². The van der Waals surface area contributed by atoms with Crippen LogP contribution in [0.5, 0.6) is 5.75 Å². The Kier molecular flexibility index (Phi) is 7.94. The molecule has 0 unspecified atom stereocenters. The average molecular weight is 514 g/mol. The number of anilines is 2. The topological polar surface area (TPSA) is 114 Å². The van der Waals surface area contributed by atoms with Crippen molar-refractivity contribution < 1.29 is 19.1 Å². The average Bonchev–Trinajstić information content (AvgIpc) is 3.37. The molecule has 2 N–H and O–H groups in total. The first-order valence-corrected chi connectivity index (χ1v) is 12.2. The van der Waals surface area contributed by atoms with E-state index in [0.717, 1.165) is 11.3 Å². The van der Waals surface area contributed by atoms with Crippen molar-refractivity contribution >= 4 is 52.0 Å². The fourth-order valence-electron chi connectivity index (χ4n) is 3.76. The van der Waals surface area contributed by atoms with Crippen LogP contribution < -0.4 is 15.4 Å². The number of para-hydroxylation sites is 1. The summed E-state index contributed by atoms with van der Waals surface area (Å²) in [5, 5.41) is 14.1. The van der Waals surface area contributed by atoms with Crippen LogP contribution in [0, 0.1) is 5.92 Å². The molecule has 11 heteroatoms. The smallest absolute Gasteiger partial charge is 0.286 e. The minimum absolute atomic E-state index is 0.0977. The Morgan fingerprint density at radius 3 is 2.40 bits per heavy atom. The second-order valence-electron chi connectivity index (χ2n) is 8.06. The fourth-order valence-corrected chi connectivity index (χ4v) is 4.65. The minimum Gasteiger partial charge on any atom is -0.497 e. The molecular formula is C24H24ClN5O4S. The van der Waals surface area contributed by atoms with Crippen molar-refractivity contribution in [3.8, 4) is 5.75 Å². The summed E-state index contributed by atoms with van der Waals surface area (Å²) in [5.74, 6) is 0.0537. The maximum absolute atomic E-state index is 12.9. The first-order valence-electron chi connectivity index (χ1n) is 11.1. The molecule has 0 spiro atoms. The Labute approximate surface area is 211 Å². The van der Waals surface area contributed by atoms with Gasteiger partial charge in [-0.15, -0.1) is 10.2 Å². The quantitative estimate of drug-likeness (QED) is 0.486. The second kappa shape index (κ2) is 11.3. The van der Waals surface area contributed by atoms with Crippen molar-refractivity contribution in [2.75, 3.05) is 30.8 Å². The lowest BCUT2D eigenvalue weighted by Gasteiger charge is -2.31. The Morgan fingerprint density at radius 2 is 1.71 bits per heavy atom. The monoisotopic (exact) mass is 513 g/mol. The zero-order valence-corrected chi connectivity index (χ0v) is 20.6. The number of carbonyl (C=O) groups excluding carboxylic acids is 3. The summed E-state index contributed by atoms with van der Waals surface area (Å²) in [6, 6.07) is 14.0. The van der Waals surface area contributed by atoms with Gasteiger partial charge in [-0.05, 0) is 55.2 Å². The van der Waals surface area contributed by atoms with Gasteiger partial charge < -0.3 is 20.3 Å². The SMILES string of the molecule is COc1ccc(NC(=O)c2nnc(C(=O)N3CCC(CC(=O)Nc4ccccc4Cl)CC3)s2)cc1. The van der Waals surface area contributed by atoms with Crippen LogP contribution in [0.15, 0.2) is 48.5 Å². The number of rotatable bonds is 7. The van der Waals surface area contributed by atoms with Crippen molar-refractivity contribution in [1.29, 1.82) is 0 Å². The molecule has 0 atom stereocenters. The predicted molar refractivity (Wildman–Crippen MR) is 134 cm³/mol. The van der Waals surface area contributed by atoms with E-state index in [1.807, 2.05) is 6.07 Å². The summed E-state index contributed by atoms with van der Waals surface area (Å²) >= 11 is 7.05. The molecule has 1 aromatic heterocycles. The van der Waals surface area contributed by atoms with E-state index in [-0.39, 0.29) is 27.7 Å². The highest BCUT2D eigenvalue weighted by molar-refractivity contribution is 7.15. The molecule has 1 fully saturated rings. The normalized spacial score (nSPS) is 13.8. The van der Waals surface area contributed by atoms with Crippen molar-refractivity contribution in [2.24, 2.45) is 5.92 Å². The Bertz CT molecular complexity index is 1210. The number of halogens is 1. The van der Waals surface area contributed by atoms with Gasteiger partial charge in [-0.3, -0.25) is 14.4 Å². The number of hydrogen-bond acceptors (Lipinski definition) is 7. The second-order valence-corrected chi connectivity index (χ2v) is 9.45. The van der Waals surface area contributed by atoms with E-state index in [1.165, 1.54) is 0 Å². The molecule has 35 heavy (non-hydrogen) atoms. The first kappa shape index (κ1) is 24.6. The van der Waals surface area contributed by atoms with Gasteiger partial charge >= 0.3 is 0 Å². The van der Waals surface area contributed by atoms with E-state index in [4.69, 9.17) is 16.3 Å². The third kappa shape index (κ3) is 6.34. The van der Waals surface area contributed by atoms with Crippen LogP contribution in [0.4, 0.5) is 11.4 Å². The molecule has 9 nitrogen and oxygen atoms in total. The lowest BCUT2D eigenvalue weighted by molar-refractivity contribution is -0.117. The molecule has 4 rings (SSSR count). The summed E-state index contributed by atoms with van der Waals surface area (Å²) in [4.78, 5) is 39.4. The lowest BCUT2D eigenvalue weighted by Crippen LogP contribution is -2.39. The molecule has 1 aliphatic heterocycles. The highest BCUT2D eigenvalue weighted by atomic mass is 35.5. The number of carbonyl (C=O) groups is 3. The summed E-state index contributed by atoms with van der Waals surface area (Å²) in [7, 11) is 1.56. The number of ether oxygens (including phenoxy) is 1. The molecule has 2 aromatic carbocycles. The highest BCUT2D eigenvalue weighted by Gasteiger charge is 2.28. The maximum atomic E-state index is 12.9. The Balaban J connectivity index is 1.26. The molecule has 0 aliphatic carbocycles.